The maximum atomic E-state index is 8.49. The van der Waals surface area contributed by atoms with Gasteiger partial charge in [0.2, 0.25) is 0 Å². The average Bonchev–Trinajstić information content (AvgIpc) is 2.39. The molecule has 0 heterocycles. The van der Waals surface area contributed by atoms with Gasteiger partial charge >= 0.3 is 0 Å². The molecular formula is C16H24N2. The van der Waals surface area contributed by atoms with Crippen LogP contribution in [0.15, 0.2) is 24.3 Å². The summed E-state index contributed by atoms with van der Waals surface area (Å²) in [5.41, 5.74) is 2.84. The molecule has 2 nitrogen and oxygen atoms in total. The molecule has 18 heavy (non-hydrogen) atoms. The van der Waals surface area contributed by atoms with Crippen molar-refractivity contribution in [3.63, 3.8) is 0 Å². The number of aryl methyl sites for hydroxylation is 1. The highest BCUT2D eigenvalue weighted by molar-refractivity contribution is 5.22. The predicted octanol–water partition coefficient (Wildman–Crippen LogP) is 3.42. The van der Waals surface area contributed by atoms with Gasteiger partial charge in [0, 0.05) is 13.0 Å². The number of unbranched alkanes of at least 4 members (excludes halogenated alkanes) is 1. The zero-order valence-electron chi connectivity index (χ0n) is 11.7. The summed E-state index contributed by atoms with van der Waals surface area (Å²) in [4.78, 5) is 2.30. The highest BCUT2D eigenvalue weighted by atomic mass is 15.1. The van der Waals surface area contributed by atoms with Gasteiger partial charge in [0.05, 0.1) is 6.07 Å². The van der Waals surface area contributed by atoms with Crippen LogP contribution in [0.4, 0.5) is 0 Å². The van der Waals surface area contributed by atoms with Gasteiger partial charge in [0.1, 0.15) is 0 Å². The Labute approximate surface area is 111 Å². The topological polar surface area (TPSA) is 27.0 Å². The fraction of sp³-hybridized carbons (Fsp3) is 0.562. The summed E-state index contributed by atoms with van der Waals surface area (Å²) >= 11 is 0. The molecule has 0 bridgehead atoms. The summed E-state index contributed by atoms with van der Waals surface area (Å²) in [6.07, 6.45) is 5.11. The van der Waals surface area contributed by atoms with Crippen molar-refractivity contribution in [1.29, 1.82) is 5.26 Å². The van der Waals surface area contributed by atoms with E-state index in [0.29, 0.717) is 6.42 Å². The minimum atomic E-state index is 0.663. The first-order chi connectivity index (χ1) is 8.76. The van der Waals surface area contributed by atoms with Gasteiger partial charge in [-0.15, -0.1) is 0 Å². The van der Waals surface area contributed by atoms with Crippen LogP contribution in [-0.4, -0.2) is 25.0 Å². The Morgan fingerprint density at radius 1 is 1.06 bits per heavy atom. The lowest BCUT2D eigenvalue weighted by Gasteiger charge is -2.15. The van der Waals surface area contributed by atoms with E-state index < -0.39 is 0 Å². The van der Waals surface area contributed by atoms with Gasteiger partial charge in [0.25, 0.3) is 0 Å². The van der Waals surface area contributed by atoms with Gasteiger partial charge in [-0.3, -0.25) is 0 Å². The second-order valence-corrected chi connectivity index (χ2v) is 4.88. The fourth-order valence-corrected chi connectivity index (χ4v) is 2.02. The number of likely N-dealkylation sites (N-methyl/N-ethyl adjacent to an activating group) is 1. The Hall–Kier alpha value is -1.33. The molecule has 0 radical (unpaired) electrons. The van der Waals surface area contributed by atoms with Gasteiger partial charge in [-0.2, -0.15) is 5.26 Å². The van der Waals surface area contributed by atoms with Crippen LogP contribution in [0.5, 0.6) is 0 Å². The van der Waals surface area contributed by atoms with Crippen molar-refractivity contribution in [3.8, 4) is 6.07 Å². The molecule has 0 unspecified atom stereocenters. The lowest BCUT2D eigenvalue weighted by atomic mass is 10.1. The predicted molar refractivity (Wildman–Crippen MR) is 76.5 cm³/mol. The minimum Gasteiger partial charge on any atom is -0.306 e. The van der Waals surface area contributed by atoms with E-state index in [-0.39, 0.29) is 0 Å². The van der Waals surface area contributed by atoms with Crippen LogP contribution in [-0.2, 0) is 12.8 Å². The molecule has 0 aliphatic rings. The Morgan fingerprint density at radius 3 is 2.22 bits per heavy atom. The number of nitrogens with zero attached hydrogens (tertiary/aromatic N) is 2. The van der Waals surface area contributed by atoms with Crippen molar-refractivity contribution in [3.05, 3.63) is 35.4 Å². The molecule has 0 spiro atoms. The Bertz CT molecular complexity index is 362. The molecule has 0 saturated heterocycles. The number of hydrogen-bond acceptors (Lipinski definition) is 2. The van der Waals surface area contributed by atoms with Crippen LogP contribution in [0.25, 0.3) is 0 Å². The fourth-order valence-electron chi connectivity index (χ4n) is 2.02. The Balaban J connectivity index is 2.28. The van der Waals surface area contributed by atoms with E-state index in [4.69, 9.17) is 5.26 Å². The Morgan fingerprint density at radius 2 is 1.67 bits per heavy atom. The van der Waals surface area contributed by atoms with Crippen molar-refractivity contribution >= 4 is 0 Å². The summed E-state index contributed by atoms with van der Waals surface area (Å²) in [6, 6.07) is 11.2. The maximum Gasteiger partial charge on any atom is 0.0622 e. The molecule has 1 rings (SSSR count). The first-order valence-corrected chi connectivity index (χ1v) is 6.89. The third-order valence-electron chi connectivity index (χ3n) is 3.17. The van der Waals surface area contributed by atoms with Crippen molar-refractivity contribution < 1.29 is 0 Å². The zero-order valence-corrected chi connectivity index (χ0v) is 11.7. The van der Waals surface area contributed by atoms with E-state index in [2.05, 4.69) is 49.2 Å². The molecule has 0 aliphatic heterocycles. The minimum absolute atomic E-state index is 0.663. The van der Waals surface area contributed by atoms with Gasteiger partial charge in [0.15, 0.2) is 0 Å². The third kappa shape index (κ3) is 5.84. The maximum absolute atomic E-state index is 8.49. The molecule has 0 aromatic heterocycles. The van der Waals surface area contributed by atoms with Crippen LogP contribution in [0, 0.1) is 11.3 Å². The van der Waals surface area contributed by atoms with Crippen molar-refractivity contribution in [2.45, 2.75) is 39.0 Å². The number of rotatable bonds is 8. The monoisotopic (exact) mass is 244 g/mol. The molecule has 0 N–H and O–H groups in total. The van der Waals surface area contributed by atoms with E-state index in [0.717, 1.165) is 25.9 Å². The summed E-state index contributed by atoms with van der Waals surface area (Å²) in [6.45, 7) is 4.30. The average molecular weight is 244 g/mol. The highest BCUT2D eigenvalue weighted by Gasteiger charge is 1.99. The van der Waals surface area contributed by atoms with Crippen LogP contribution >= 0.6 is 0 Å². The normalized spacial score (nSPS) is 10.6. The van der Waals surface area contributed by atoms with Crippen molar-refractivity contribution in [2.24, 2.45) is 0 Å². The van der Waals surface area contributed by atoms with Gasteiger partial charge < -0.3 is 4.90 Å². The lowest BCUT2D eigenvalue weighted by Crippen LogP contribution is -2.22. The standard InChI is InChI=1S/C16H24N2/c1-3-6-15-7-9-16(10-8-15)11-14-18(2)13-5-4-12-17/h7-10H,3-6,11,13-14H2,1-2H3. The van der Waals surface area contributed by atoms with Crippen molar-refractivity contribution in [2.75, 3.05) is 20.1 Å². The number of benzene rings is 1. The number of hydrogen-bond donors (Lipinski definition) is 0. The van der Waals surface area contributed by atoms with Crippen LogP contribution < -0.4 is 0 Å². The second-order valence-electron chi connectivity index (χ2n) is 4.88. The van der Waals surface area contributed by atoms with Gasteiger partial charge in [-0.25, -0.2) is 0 Å². The van der Waals surface area contributed by atoms with E-state index in [1.54, 1.807) is 0 Å². The zero-order chi connectivity index (χ0) is 13.2. The van der Waals surface area contributed by atoms with Crippen LogP contribution in [0.1, 0.15) is 37.3 Å². The van der Waals surface area contributed by atoms with Crippen molar-refractivity contribution in [1.82, 2.24) is 4.90 Å². The Kier molecular flexibility index (Phi) is 7.13. The van der Waals surface area contributed by atoms with E-state index in [1.165, 1.54) is 24.0 Å². The van der Waals surface area contributed by atoms with Gasteiger partial charge in [-0.05, 0) is 44.0 Å². The van der Waals surface area contributed by atoms with Gasteiger partial charge in [-0.1, -0.05) is 37.6 Å². The molecule has 1 aromatic carbocycles. The largest absolute Gasteiger partial charge is 0.306 e. The summed E-state index contributed by atoms with van der Waals surface area (Å²) in [5, 5.41) is 8.49. The smallest absolute Gasteiger partial charge is 0.0622 e. The molecule has 0 saturated carbocycles. The molecule has 0 atom stereocenters. The van der Waals surface area contributed by atoms with E-state index in [9.17, 15) is 0 Å². The lowest BCUT2D eigenvalue weighted by molar-refractivity contribution is 0.335. The quantitative estimate of drug-likeness (QED) is 0.655. The second kappa shape index (κ2) is 8.72. The molecule has 2 heteroatoms. The molecule has 1 aromatic rings. The highest BCUT2D eigenvalue weighted by Crippen LogP contribution is 2.07. The summed E-state index contributed by atoms with van der Waals surface area (Å²) < 4.78 is 0. The third-order valence-corrected chi connectivity index (χ3v) is 3.17. The molecule has 0 fully saturated rings. The first kappa shape index (κ1) is 14.7. The van der Waals surface area contributed by atoms with Crippen LogP contribution in [0.3, 0.4) is 0 Å². The van der Waals surface area contributed by atoms with E-state index >= 15 is 0 Å². The summed E-state index contributed by atoms with van der Waals surface area (Å²) in [7, 11) is 2.13. The van der Waals surface area contributed by atoms with E-state index in [1.807, 2.05) is 0 Å². The molecular weight excluding hydrogens is 220 g/mol. The molecule has 0 amide bonds. The summed E-state index contributed by atoms with van der Waals surface area (Å²) in [5.74, 6) is 0. The molecule has 0 aliphatic carbocycles. The SMILES string of the molecule is CCCc1ccc(CCN(C)CCCC#N)cc1. The van der Waals surface area contributed by atoms with Crippen LogP contribution in [0.2, 0.25) is 0 Å². The number of nitriles is 1. The first-order valence-electron chi connectivity index (χ1n) is 6.89. The molecule has 98 valence electrons.